The molecular weight excluding hydrogens is 448 g/mol. The van der Waals surface area contributed by atoms with E-state index in [1.165, 1.54) is 18.7 Å². The molecule has 1 heterocycles. The molecule has 0 unspecified atom stereocenters. The molecule has 2 N–H and O–H groups in total. The maximum absolute atomic E-state index is 13.4. The normalized spacial score (nSPS) is 11.7. The van der Waals surface area contributed by atoms with Gasteiger partial charge in [-0.1, -0.05) is 42.1 Å². The van der Waals surface area contributed by atoms with Crippen LogP contribution in [0.25, 0.3) is 16.6 Å². The molecule has 34 heavy (non-hydrogen) atoms. The molecule has 1 atom stereocenters. The zero-order chi connectivity index (χ0) is 24.2. The molecule has 0 aliphatic rings. The maximum atomic E-state index is 13.4. The molecule has 0 aliphatic carbocycles. The van der Waals surface area contributed by atoms with E-state index >= 15 is 0 Å². The molecule has 0 fully saturated rings. The zero-order valence-electron chi connectivity index (χ0n) is 19.0. The SMILES string of the molecule is CC(=O)Nc1ccc(NC(=O)[C@H](C)Sc2nc3ccccc3c(=O)n2-c2ccccc2C)cc1. The van der Waals surface area contributed by atoms with Crippen molar-refractivity contribution >= 4 is 45.9 Å². The molecule has 0 aliphatic heterocycles. The van der Waals surface area contributed by atoms with Gasteiger partial charge in [0.25, 0.3) is 5.56 Å². The number of nitrogens with zero attached hydrogens (tertiary/aromatic N) is 2. The van der Waals surface area contributed by atoms with E-state index in [1.54, 1.807) is 47.9 Å². The molecule has 4 aromatic rings. The van der Waals surface area contributed by atoms with Crippen LogP contribution in [0.15, 0.2) is 82.7 Å². The van der Waals surface area contributed by atoms with E-state index < -0.39 is 5.25 Å². The van der Waals surface area contributed by atoms with Gasteiger partial charge < -0.3 is 10.6 Å². The molecule has 7 nitrogen and oxygen atoms in total. The molecule has 2 amide bonds. The summed E-state index contributed by atoms with van der Waals surface area (Å²) in [4.78, 5) is 42.3. The number of hydrogen-bond donors (Lipinski definition) is 2. The van der Waals surface area contributed by atoms with E-state index in [4.69, 9.17) is 4.98 Å². The van der Waals surface area contributed by atoms with Crippen molar-refractivity contribution in [2.45, 2.75) is 31.2 Å². The van der Waals surface area contributed by atoms with Crippen LogP contribution in [-0.4, -0.2) is 26.6 Å². The molecule has 172 valence electrons. The third-order valence-corrected chi connectivity index (χ3v) is 6.28. The molecule has 4 rings (SSSR count). The lowest BCUT2D eigenvalue weighted by atomic mass is 10.2. The number of anilines is 2. The Morgan fingerprint density at radius 3 is 2.21 bits per heavy atom. The van der Waals surface area contributed by atoms with Crippen molar-refractivity contribution in [3.8, 4) is 5.69 Å². The van der Waals surface area contributed by atoms with Crippen LogP contribution < -0.4 is 16.2 Å². The monoisotopic (exact) mass is 472 g/mol. The summed E-state index contributed by atoms with van der Waals surface area (Å²) in [6, 6.07) is 21.7. The summed E-state index contributed by atoms with van der Waals surface area (Å²) in [7, 11) is 0. The molecule has 8 heteroatoms. The molecule has 0 saturated heterocycles. The van der Waals surface area contributed by atoms with Gasteiger partial charge in [-0.3, -0.25) is 19.0 Å². The van der Waals surface area contributed by atoms with Gasteiger partial charge in [0.1, 0.15) is 0 Å². The highest BCUT2D eigenvalue weighted by Gasteiger charge is 2.21. The lowest BCUT2D eigenvalue weighted by molar-refractivity contribution is -0.115. The Morgan fingerprint density at radius 1 is 0.912 bits per heavy atom. The standard InChI is InChI=1S/C26H24N4O3S/c1-16-8-4-7-11-23(16)30-25(33)21-9-5-6-10-22(21)29-26(30)34-17(2)24(32)28-20-14-12-19(13-15-20)27-18(3)31/h4-15,17H,1-3H3,(H,27,31)(H,28,32)/t17-/m0/s1. The summed E-state index contributed by atoms with van der Waals surface area (Å²) < 4.78 is 1.58. The first-order chi connectivity index (χ1) is 16.3. The number of thioether (sulfide) groups is 1. The number of rotatable bonds is 6. The summed E-state index contributed by atoms with van der Waals surface area (Å²) in [6.45, 7) is 5.15. The minimum atomic E-state index is -0.529. The van der Waals surface area contributed by atoms with Crippen LogP contribution in [0.5, 0.6) is 0 Å². The summed E-state index contributed by atoms with van der Waals surface area (Å²) in [5.41, 5.74) is 3.32. The third kappa shape index (κ3) is 5.02. The first kappa shape index (κ1) is 23.3. The van der Waals surface area contributed by atoms with Crippen molar-refractivity contribution in [2.75, 3.05) is 10.6 Å². The Morgan fingerprint density at radius 2 is 1.53 bits per heavy atom. The fraction of sp³-hybridized carbons (Fsp3) is 0.154. The minimum absolute atomic E-state index is 0.163. The van der Waals surface area contributed by atoms with Crippen molar-refractivity contribution in [1.82, 2.24) is 9.55 Å². The van der Waals surface area contributed by atoms with E-state index in [-0.39, 0.29) is 17.4 Å². The predicted octanol–water partition coefficient (Wildman–Crippen LogP) is 4.77. The third-order valence-electron chi connectivity index (χ3n) is 5.23. The fourth-order valence-electron chi connectivity index (χ4n) is 3.51. The maximum Gasteiger partial charge on any atom is 0.266 e. The average molecular weight is 473 g/mol. The lowest BCUT2D eigenvalue weighted by Crippen LogP contribution is -2.26. The number of benzene rings is 3. The molecule has 3 aromatic carbocycles. The smallest absolute Gasteiger partial charge is 0.266 e. The number of carbonyl (C=O) groups excluding carboxylic acids is 2. The average Bonchev–Trinajstić information content (AvgIpc) is 2.81. The van der Waals surface area contributed by atoms with E-state index in [1.807, 2.05) is 43.3 Å². The van der Waals surface area contributed by atoms with Crippen molar-refractivity contribution < 1.29 is 9.59 Å². The summed E-state index contributed by atoms with van der Waals surface area (Å²) >= 11 is 1.22. The van der Waals surface area contributed by atoms with Crippen LogP contribution in [0.3, 0.4) is 0 Å². The molecule has 0 spiro atoms. The van der Waals surface area contributed by atoms with Crippen LogP contribution in [-0.2, 0) is 9.59 Å². The van der Waals surface area contributed by atoms with Gasteiger partial charge in [0.05, 0.1) is 21.8 Å². The molecular formula is C26H24N4O3S. The van der Waals surface area contributed by atoms with Gasteiger partial charge in [0, 0.05) is 18.3 Å². The predicted molar refractivity (Wildman–Crippen MR) is 137 cm³/mol. The van der Waals surface area contributed by atoms with Crippen molar-refractivity contribution in [3.05, 3.63) is 88.7 Å². The second-order valence-electron chi connectivity index (χ2n) is 7.85. The molecule has 1 aromatic heterocycles. The largest absolute Gasteiger partial charge is 0.326 e. The minimum Gasteiger partial charge on any atom is -0.326 e. The van der Waals surface area contributed by atoms with Crippen molar-refractivity contribution in [3.63, 3.8) is 0 Å². The van der Waals surface area contributed by atoms with Gasteiger partial charge in [0.15, 0.2) is 5.16 Å². The van der Waals surface area contributed by atoms with Crippen LogP contribution in [0.4, 0.5) is 11.4 Å². The second kappa shape index (κ2) is 9.93. The first-order valence-corrected chi connectivity index (χ1v) is 11.6. The number of para-hydroxylation sites is 2. The Labute approximate surface area is 201 Å². The Balaban J connectivity index is 1.64. The highest BCUT2D eigenvalue weighted by molar-refractivity contribution is 8.00. The van der Waals surface area contributed by atoms with Gasteiger partial charge in [-0.2, -0.15) is 0 Å². The van der Waals surface area contributed by atoms with Gasteiger partial charge in [-0.15, -0.1) is 0 Å². The van der Waals surface area contributed by atoms with Crippen molar-refractivity contribution in [2.24, 2.45) is 0 Å². The number of aryl methyl sites for hydroxylation is 1. The quantitative estimate of drug-likeness (QED) is 0.311. The van der Waals surface area contributed by atoms with Crippen LogP contribution in [0.1, 0.15) is 19.4 Å². The Hall–Kier alpha value is -3.91. The van der Waals surface area contributed by atoms with Crippen LogP contribution in [0, 0.1) is 6.92 Å². The van der Waals surface area contributed by atoms with Gasteiger partial charge >= 0.3 is 0 Å². The zero-order valence-corrected chi connectivity index (χ0v) is 19.8. The Bertz CT molecular complexity index is 1430. The highest BCUT2D eigenvalue weighted by Crippen LogP contribution is 2.27. The topological polar surface area (TPSA) is 93.1 Å². The Kier molecular flexibility index (Phi) is 6.79. The number of amides is 2. The molecule has 0 bridgehead atoms. The molecule has 0 saturated carbocycles. The first-order valence-electron chi connectivity index (χ1n) is 10.8. The number of fused-ring (bicyclic) bond motifs is 1. The number of aromatic nitrogens is 2. The number of carbonyl (C=O) groups is 2. The van der Waals surface area contributed by atoms with Crippen LogP contribution in [0.2, 0.25) is 0 Å². The van der Waals surface area contributed by atoms with Gasteiger partial charge in [-0.05, 0) is 61.9 Å². The van der Waals surface area contributed by atoms with Crippen LogP contribution >= 0.6 is 11.8 Å². The fourth-order valence-corrected chi connectivity index (χ4v) is 4.43. The van der Waals surface area contributed by atoms with E-state index in [9.17, 15) is 14.4 Å². The van der Waals surface area contributed by atoms with Gasteiger partial charge in [-0.25, -0.2) is 4.98 Å². The van der Waals surface area contributed by atoms with E-state index in [0.717, 1.165) is 11.3 Å². The van der Waals surface area contributed by atoms with Crippen molar-refractivity contribution in [1.29, 1.82) is 0 Å². The summed E-state index contributed by atoms with van der Waals surface area (Å²) in [5, 5.41) is 6.00. The number of hydrogen-bond acceptors (Lipinski definition) is 5. The number of nitrogens with one attached hydrogen (secondary N) is 2. The van der Waals surface area contributed by atoms with E-state index in [2.05, 4.69) is 10.6 Å². The summed E-state index contributed by atoms with van der Waals surface area (Å²) in [5.74, 6) is -0.389. The lowest BCUT2D eigenvalue weighted by Gasteiger charge is -2.17. The van der Waals surface area contributed by atoms with Gasteiger partial charge in [0.2, 0.25) is 11.8 Å². The van der Waals surface area contributed by atoms with E-state index in [0.29, 0.717) is 27.4 Å². The molecule has 0 radical (unpaired) electrons. The summed E-state index contributed by atoms with van der Waals surface area (Å²) in [6.07, 6.45) is 0. The second-order valence-corrected chi connectivity index (χ2v) is 9.15. The highest BCUT2D eigenvalue weighted by atomic mass is 32.2.